The van der Waals surface area contributed by atoms with Crippen LogP contribution in [0, 0.1) is 0 Å². The van der Waals surface area contributed by atoms with Crippen molar-refractivity contribution in [3.8, 4) is 0 Å². The molecule has 0 bridgehead atoms. The van der Waals surface area contributed by atoms with Crippen molar-refractivity contribution in [3.63, 3.8) is 0 Å². The Morgan fingerprint density at radius 2 is 2.24 bits per heavy atom. The van der Waals surface area contributed by atoms with Gasteiger partial charge in [0.25, 0.3) is 0 Å². The Kier molecular flexibility index (Phi) is 3.64. The predicted molar refractivity (Wildman–Crippen MR) is 78.9 cm³/mol. The van der Waals surface area contributed by atoms with E-state index in [0.717, 1.165) is 16.6 Å². The molecule has 0 atom stereocenters. The SMILES string of the molecule is Cn1cnc2cc(C(=O)OCCc3cccnc3)ccc21. The minimum absolute atomic E-state index is 0.327. The average Bonchev–Trinajstić information content (AvgIpc) is 2.89. The predicted octanol–water partition coefficient (Wildman–Crippen LogP) is 2.37. The zero-order valence-corrected chi connectivity index (χ0v) is 11.7. The first-order valence-electron chi connectivity index (χ1n) is 6.71. The van der Waals surface area contributed by atoms with E-state index in [1.165, 1.54) is 0 Å². The van der Waals surface area contributed by atoms with Crippen molar-refractivity contribution in [1.29, 1.82) is 0 Å². The van der Waals surface area contributed by atoms with Crippen LogP contribution in [0.5, 0.6) is 0 Å². The number of esters is 1. The topological polar surface area (TPSA) is 57.0 Å². The van der Waals surface area contributed by atoms with E-state index in [1.807, 2.05) is 29.8 Å². The van der Waals surface area contributed by atoms with Crippen molar-refractivity contribution < 1.29 is 9.53 Å². The number of nitrogens with zero attached hydrogens (tertiary/aromatic N) is 3. The second-order valence-corrected chi connectivity index (χ2v) is 4.81. The van der Waals surface area contributed by atoms with Crippen LogP contribution in [-0.4, -0.2) is 27.1 Å². The van der Waals surface area contributed by atoms with Gasteiger partial charge in [-0.1, -0.05) is 6.07 Å². The molecule has 0 amide bonds. The summed E-state index contributed by atoms with van der Waals surface area (Å²) in [6, 6.07) is 9.21. The molecular weight excluding hydrogens is 266 g/mol. The number of rotatable bonds is 4. The highest BCUT2D eigenvalue weighted by Gasteiger charge is 2.09. The number of aryl methyl sites for hydroxylation is 1. The molecule has 0 aliphatic carbocycles. The molecular formula is C16H15N3O2. The van der Waals surface area contributed by atoms with Crippen LogP contribution in [0.1, 0.15) is 15.9 Å². The van der Waals surface area contributed by atoms with Gasteiger partial charge >= 0.3 is 5.97 Å². The highest BCUT2D eigenvalue weighted by atomic mass is 16.5. The van der Waals surface area contributed by atoms with Crippen LogP contribution in [-0.2, 0) is 18.2 Å². The summed E-state index contributed by atoms with van der Waals surface area (Å²) in [7, 11) is 1.92. The fraction of sp³-hybridized carbons (Fsp3) is 0.188. The van der Waals surface area contributed by atoms with Crippen LogP contribution in [0.2, 0.25) is 0 Å². The van der Waals surface area contributed by atoms with Gasteiger partial charge in [0.15, 0.2) is 0 Å². The highest BCUT2D eigenvalue weighted by molar-refractivity contribution is 5.93. The van der Waals surface area contributed by atoms with Crippen LogP contribution in [0.15, 0.2) is 49.1 Å². The third kappa shape index (κ3) is 2.91. The second kappa shape index (κ2) is 5.75. The van der Waals surface area contributed by atoms with Gasteiger partial charge in [0.2, 0.25) is 0 Å². The summed E-state index contributed by atoms with van der Waals surface area (Å²) in [5.41, 5.74) is 3.35. The van der Waals surface area contributed by atoms with Crippen molar-refractivity contribution in [3.05, 3.63) is 60.2 Å². The lowest BCUT2D eigenvalue weighted by Crippen LogP contribution is -2.08. The average molecular weight is 281 g/mol. The summed E-state index contributed by atoms with van der Waals surface area (Å²) in [5.74, 6) is -0.327. The van der Waals surface area contributed by atoms with Crippen LogP contribution >= 0.6 is 0 Å². The maximum Gasteiger partial charge on any atom is 0.338 e. The summed E-state index contributed by atoms with van der Waals surface area (Å²) < 4.78 is 7.20. The number of carbonyl (C=O) groups excluding carboxylic acids is 1. The Morgan fingerprint density at radius 1 is 1.33 bits per heavy atom. The minimum Gasteiger partial charge on any atom is -0.462 e. The van der Waals surface area contributed by atoms with E-state index in [4.69, 9.17) is 4.74 Å². The first kappa shape index (κ1) is 13.3. The Balaban J connectivity index is 1.64. The molecule has 0 aliphatic rings. The summed E-state index contributed by atoms with van der Waals surface area (Å²) >= 11 is 0. The molecule has 3 aromatic rings. The van der Waals surface area contributed by atoms with Gasteiger partial charge in [-0.05, 0) is 29.8 Å². The number of carbonyl (C=O) groups is 1. The summed E-state index contributed by atoms with van der Waals surface area (Å²) in [6.45, 7) is 0.338. The van der Waals surface area contributed by atoms with E-state index in [1.54, 1.807) is 30.9 Å². The number of pyridine rings is 1. The molecule has 106 valence electrons. The number of hydrogen-bond acceptors (Lipinski definition) is 4. The summed E-state index contributed by atoms with van der Waals surface area (Å²) in [4.78, 5) is 20.3. The molecule has 0 spiro atoms. The molecule has 2 aromatic heterocycles. The fourth-order valence-corrected chi connectivity index (χ4v) is 2.15. The van der Waals surface area contributed by atoms with Gasteiger partial charge < -0.3 is 9.30 Å². The van der Waals surface area contributed by atoms with Gasteiger partial charge in [0.1, 0.15) is 0 Å². The van der Waals surface area contributed by atoms with E-state index in [0.29, 0.717) is 18.6 Å². The molecule has 0 aliphatic heterocycles. The lowest BCUT2D eigenvalue weighted by Gasteiger charge is -2.05. The molecule has 3 rings (SSSR count). The second-order valence-electron chi connectivity index (χ2n) is 4.81. The molecule has 0 fully saturated rings. The van der Waals surface area contributed by atoms with E-state index < -0.39 is 0 Å². The van der Waals surface area contributed by atoms with Gasteiger partial charge in [0, 0.05) is 25.9 Å². The maximum atomic E-state index is 12.0. The number of benzene rings is 1. The monoisotopic (exact) mass is 281 g/mol. The Bertz CT molecular complexity index is 766. The molecule has 5 nitrogen and oxygen atoms in total. The van der Waals surface area contributed by atoms with Gasteiger partial charge in [-0.15, -0.1) is 0 Å². The fourth-order valence-electron chi connectivity index (χ4n) is 2.15. The molecule has 0 unspecified atom stereocenters. The van der Waals surface area contributed by atoms with Gasteiger partial charge in [0.05, 0.1) is 29.5 Å². The molecule has 1 aromatic carbocycles. The Morgan fingerprint density at radius 3 is 3.05 bits per heavy atom. The molecule has 2 heterocycles. The maximum absolute atomic E-state index is 12.0. The van der Waals surface area contributed by atoms with Crippen LogP contribution in [0.25, 0.3) is 11.0 Å². The quantitative estimate of drug-likeness (QED) is 0.689. The van der Waals surface area contributed by atoms with Crippen molar-refractivity contribution in [1.82, 2.24) is 14.5 Å². The van der Waals surface area contributed by atoms with Crippen molar-refractivity contribution in [2.45, 2.75) is 6.42 Å². The van der Waals surface area contributed by atoms with Crippen LogP contribution in [0.4, 0.5) is 0 Å². The summed E-state index contributed by atoms with van der Waals surface area (Å²) in [5, 5.41) is 0. The molecule has 0 saturated carbocycles. The Labute approximate surface area is 122 Å². The number of hydrogen-bond donors (Lipinski definition) is 0. The van der Waals surface area contributed by atoms with E-state index in [-0.39, 0.29) is 5.97 Å². The van der Waals surface area contributed by atoms with Gasteiger partial charge in [-0.25, -0.2) is 9.78 Å². The first-order valence-corrected chi connectivity index (χ1v) is 6.71. The third-order valence-corrected chi connectivity index (χ3v) is 3.31. The smallest absolute Gasteiger partial charge is 0.338 e. The van der Waals surface area contributed by atoms with Crippen molar-refractivity contribution in [2.75, 3.05) is 6.61 Å². The van der Waals surface area contributed by atoms with Crippen molar-refractivity contribution >= 4 is 17.0 Å². The van der Waals surface area contributed by atoms with E-state index >= 15 is 0 Å². The largest absolute Gasteiger partial charge is 0.462 e. The molecule has 21 heavy (non-hydrogen) atoms. The number of ether oxygens (including phenoxy) is 1. The van der Waals surface area contributed by atoms with Crippen LogP contribution < -0.4 is 0 Å². The molecule has 0 N–H and O–H groups in total. The normalized spacial score (nSPS) is 10.7. The Hall–Kier alpha value is -2.69. The first-order chi connectivity index (χ1) is 10.2. The lowest BCUT2D eigenvalue weighted by molar-refractivity contribution is 0.0509. The zero-order valence-electron chi connectivity index (χ0n) is 11.7. The lowest BCUT2D eigenvalue weighted by atomic mass is 10.2. The summed E-state index contributed by atoms with van der Waals surface area (Å²) in [6.07, 6.45) is 5.87. The van der Waals surface area contributed by atoms with Crippen LogP contribution in [0.3, 0.4) is 0 Å². The standard InChI is InChI=1S/C16H15N3O2/c1-19-11-18-14-9-13(4-5-15(14)19)16(20)21-8-6-12-3-2-7-17-10-12/h2-5,7,9-11H,6,8H2,1H3. The van der Waals surface area contributed by atoms with Gasteiger partial charge in [-0.2, -0.15) is 0 Å². The van der Waals surface area contributed by atoms with Crippen molar-refractivity contribution in [2.24, 2.45) is 7.05 Å². The zero-order chi connectivity index (χ0) is 14.7. The number of imidazole rings is 1. The molecule has 0 radical (unpaired) electrons. The van der Waals surface area contributed by atoms with E-state index in [2.05, 4.69) is 9.97 Å². The number of fused-ring (bicyclic) bond motifs is 1. The van der Waals surface area contributed by atoms with Gasteiger partial charge in [-0.3, -0.25) is 4.98 Å². The van der Waals surface area contributed by atoms with E-state index in [9.17, 15) is 4.79 Å². The molecule has 0 saturated heterocycles. The highest BCUT2D eigenvalue weighted by Crippen LogP contribution is 2.14. The number of aromatic nitrogens is 3. The molecule has 5 heteroatoms. The third-order valence-electron chi connectivity index (χ3n) is 3.31. The minimum atomic E-state index is -0.327.